The van der Waals surface area contributed by atoms with Crippen molar-refractivity contribution in [1.82, 2.24) is 10.2 Å². The van der Waals surface area contributed by atoms with Gasteiger partial charge in [-0.05, 0) is 50.6 Å². The van der Waals surface area contributed by atoms with E-state index in [1.54, 1.807) is 6.07 Å². The number of nitrogens with two attached hydrogens (primary N) is 1. The lowest BCUT2D eigenvalue weighted by Crippen LogP contribution is -2.37. The van der Waals surface area contributed by atoms with E-state index in [0.29, 0.717) is 18.2 Å². The fraction of sp³-hybridized carbons (Fsp3) is 0.562. The van der Waals surface area contributed by atoms with E-state index in [9.17, 15) is 4.79 Å². The summed E-state index contributed by atoms with van der Waals surface area (Å²) in [5.74, 6) is 5.34. The quantitative estimate of drug-likeness (QED) is 0.553. The lowest BCUT2D eigenvalue weighted by molar-refractivity contribution is 0.0946. The van der Waals surface area contributed by atoms with E-state index in [-0.39, 0.29) is 5.91 Å². The lowest BCUT2D eigenvalue weighted by Gasteiger charge is -2.24. The Hall–Kier alpha value is -1.59. The van der Waals surface area contributed by atoms with Gasteiger partial charge in [-0.2, -0.15) is 0 Å². The first kappa shape index (κ1) is 15.8. The van der Waals surface area contributed by atoms with Gasteiger partial charge in [0.25, 0.3) is 5.91 Å². The molecular formula is C16H26N4O. The van der Waals surface area contributed by atoms with Crippen molar-refractivity contribution in [3.05, 3.63) is 29.3 Å². The van der Waals surface area contributed by atoms with Crippen LogP contribution in [0.2, 0.25) is 0 Å². The Balaban J connectivity index is 1.81. The molecule has 0 heterocycles. The van der Waals surface area contributed by atoms with Crippen LogP contribution in [0.5, 0.6) is 0 Å². The molecule has 5 nitrogen and oxygen atoms in total. The van der Waals surface area contributed by atoms with Crippen LogP contribution in [0.1, 0.15) is 41.6 Å². The Morgan fingerprint density at radius 2 is 2.10 bits per heavy atom. The van der Waals surface area contributed by atoms with Crippen LogP contribution >= 0.6 is 0 Å². The zero-order chi connectivity index (χ0) is 15.2. The highest BCUT2D eigenvalue weighted by atomic mass is 16.1. The van der Waals surface area contributed by atoms with E-state index in [2.05, 4.69) is 22.7 Å². The third-order valence-corrected chi connectivity index (χ3v) is 4.34. The maximum Gasteiger partial charge on any atom is 0.251 e. The Labute approximate surface area is 126 Å². The highest BCUT2D eigenvalue weighted by molar-refractivity contribution is 5.96. The maximum atomic E-state index is 12.2. The van der Waals surface area contributed by atoms with E-state index in [0.717, 1.165) is 17.8 Å². The van der Waals surface area contributed by atoms with Gasteiger partial charge in [-0.15, -0.1) is 0 Å². The number of rotatable bonds is 6. The fourth-order valence-corrected chi connectivity index (χ4v) is 2.98. The Kier molecular flexibility index (Phi) is 5.59. The number of amides is 1. The molecule has 0 bridgehead atoms. The van der Waals surface area contributed by atoms with Gasteiger partial charge in [0, 0.05) is 30.4 Å². The number of nitrogens with one attached hydrogen (secondary N) is 2. The Morgan fingerprint density at radius 3 is 2.71 bits per heavy atom. The molecular weight excluding hydrogens is 264 g/mol. The Morgan fingerprint density at radius 1 is 1.38 bits per heavy atom. The van der Waals surface area contributed by atoms with Crippen LogP contribution in [0.3, 0.4) is 0 Å². The van der Waals surface area contributed by atoms with Gasteiger partial charge in [-0.3, -0.25) is 10.6 Å². The number of hydrogen-bond acceptors (Lipinski definition) is 4. The largest absolute Gasteiger partial charge is 0.351 e. The highest BCUT2D eigenvalue weighted by Crippen LogP contribution is 2.21. The molecule has 1 aromatic rings. The summed E-state index contributed by atoms with van der Waals surface area (Å²) in [6.45, 7) is 3.50. The van der Waals surface area contributed by atoms with Crippen molar-refractivity contribution in [2.24, 2.45) is 5.84 Å². The fourth-order valence-electron chi connectivity index (χ4n) is 2.98. The summed E-state index contributed by atoms with van der Waals surface area (Å²) >= 11 is 0. The molecule has 5 heteroatoms. The predicted octanol–water partition coefficient (Wildman–Crippen LogP) is 1.88. The van der Waals surface area contributed by atoms with Crippen molar-refractivity contribution in [1.29, 1.82) is 0 Å². The van der Waals surface area contributed by atoms with E-state index < -0.39 is 0 Å². The predicted molar refractivity (Wildman–Crippen MR) is 86.2 cm³/mol. The number of carbonyl (C=O) groups excluding carboxylic acids is 1. The number of nitrogens with zero attached hydrogens (tertiary/aromatic N) is 1. The molecule has 4 N–H and O–H groups in total. The number of hydrazine groups is 1. The van der Waals surface area contributed by atoms with E-state index >= 15 is 0 Å². The molecule has 0 saturated heterocycles. The van der Waals surface area contributed by atoms with Crippen molar-refractivity contribution in [3.63, 3.8) is 0 Å². The van der Waals surface area contributed by atoms with Crippen molar-refractivity contribution < 1.29 is 4.79 Å². The molecule has 0 radical (unpaired) electrons. The van der Waals surface area contributed by atoms with Gasteiger partial charge in [0.05, 0.1) is 0 Å². The zero-order valence-corrected chi connectivity index (χ0v) is 13.0. The van der Waals surface area contributed by atoms with Crippen molar-refractivity contribution in [2.45, 2.75) is 38.6 Å². The molecule has 116 valence electrons. The topological polar surface area (TPSA) is 70.4 Å². The molecule has 0 unspecified atom stereocenters. The summed E-state index contributed by atoms with van der Waals surface area (Å²) in [7, 11) is 2.15. The van der Waals surface area contributed by atoms with Crippen molar-refractivity contribution in [2.75, 3.05) is 25.6 Å². The highest BCUT2D eigenvalue weighted by Gasteiger charge is 2.19. The van der Waals surface area contributed by atoms with Crippen LogP contribution in [0.15, 0.2) is 18.2 Å². The van der Waals surface area contributed by atoms with Crippen molar-refractivity contribution in [3.8, 4) is 0 Å². The average Bonchev–Trinajstić information content (AvgIpc) is 3.01. The second-order valence-corrected chi connectivity index (χ2v) is 5.85. The second kappa shape index (κ2) is 7.43. The third kappa shape index (κ3) is 4.19. The summed E-state index contributed by atoms with van der Waals surface area (Å²) in [6.07, 6.45) is 5.25. The maximum absolute atomic E-state index is 12.2. The first-order valence-electron chi connectivity index (χ1n) is 7.67. The van der Waals surface area contributed by atoms with E-state index in [1.165, 1.54) is 25.7 Å². The van der Waals surface area contributed by atoms with E-state index in [1.807, 2.05) is 19.1 Å². The first-order chi connectivity index (χ1) is 10.1. The zero-order valence-electron chi connectivity index (χ0n) is 13.0. The van der Waals surface area contributed by atoms with Crippen LogP contribution < -0.4 is 16.6 Å². The molecule has 0 aliphatic heterocycles. The van der Waals surface area contributed by atoms with Gasteiger partial charge >= 0.3 is 0 Å². The van der Waals surface area contributed by atoms with Gasteiger partial charge in [-0.1, -0.05) is 12.8 Å². The number of hydrogen-bond donors (Lipinski definition) is 3. The normalized spacial score (nSPS) is 15.4. The molecule has 0 aromatic heterocycles. The molecule has 0 spiro atoms. The molecule has 1 amide bonds. The molecule has 1 saturated carbocycles. The number of aryl methyl sites for hydroxylation is 1. The average molecular weight is 290 g/mol. The molecule has 1 aromatic carbocycles. The summed E-state index contributed by atoms with van der Waals surface area (Å²) in [5.41, 5.74) is 5.02. The van der Waals surface area contributed by atoms with Gasteiger partial charge in [0.2, 0.25) is 0 Å². The SMILES string of the molecule is Cc1cc(NN)ccc1C(=O)NCCN(C)C1CCCC1. The van der Waals surface area contributed by atoms with Crippen LogP contribution in [0.25, 0.3) is 0 Å². The molecule has 1 aliphatic rings. The van der Waals surface area contributed by atoms with Crippen LogP contribution in [0, 0.1) is 6.92 Å². The summed E-state index contributed by atoms with van der Waals surface area (Å²) in [6, 6.07) is 6.19. The molecule has 2 rings (SSSR count). The molecule has 1 aliphatic carbocycles. The minimum atomic E-state index is -0.0177. The van der Waals surface area contributed by atoms with Crippen LogP contribution in [0.4, 0.5) is 5.69 Å². The summed E-state index contributed by atoms with van der Waals surface area (Å²) in [5, 5.41) is 3.00. The van der Waals surface area contributed by atoms with Gasteiger partial charge < -0.3 is 15.6 Å². The summed E-state index contributed by atoms with van der Waals surface area (Å²) in [4.78, 5) is 14.5. The number of benzene rings is 1. The smallest absolute Gasteiger partial charge is 0.251 e. The molecule has 0 atom stereocenters. The second-order valence-electron chi connectivity index (χ2n) is 5.85. The number of nitrogen functional groups attached to an aromatic ring is 1. The number of likely N-dealkylation sites (N-methyl/N-ethyl adjacent to an activating group) is 1. The van der Waals surface area contributed by atoms with Gasteiger partial charge in [0.15, 0.2) is 0 Å². The minimum Gasteiger partial charge on any atom is -0.351 e. The lowest BCUT2D eigenvalue weighted by atomic mass is 10.1. The molecule has 21 heavy (non-hydrogen) atoms. The Bertz CT molecular complexity index is 483. The van der Waals surface area contributed by atoms with Crippen LogP contribution in [-0.4, -0.2) is 37.0 Å². The first-order valence-corrected chi connectivity index (χ1v) is 7.67. The van der Waals surface area contributed by atoms with Gasteiger partial charge in [0.1, 0.15) is 0 Å². The number of carbonyl (C=O) groups is 1. The monoisotopic (exact) mass is 290 g/mol. The van der Waals surface area contributed by atoms with Crippen LogP contribution in [-0.2, 0) is 0 Å². The number of anilines is 1. The third-order valence-electron chi connectivity index (χ3n) is 4.34. The van der Waals surface area contributed by atoms with E-state index in [4.69, 9.17) is 5.84 Å². The molecule has 1 fully saturated rings. The summed E-state index contributed by atoms with van der Waals surface area (Å²) < 4.78 is 0. The van der Waals surface area contributed by atoms with Gasteiger partial charge in [-0.25, -0.2) is 0 Å². The standard InChI is InChI=1S/C16H26N4O/c1-12-11-13(19-17)7-8-15(12)16(21)18-9-10-20(2)14-5-3-4-6-14/h7-8,11,14,19H,3-6,9-10,17H2,1-2H3,(H,18,21). The van der Waals surface area contributed by atoms with Crippen molar-refractivity contribution >= 4 is 11.6 Å². The minimum absolute atomic E-state index is 0.0177.